The number of rotatable bonds is 0. The van der Waals surface area contributed by atoms with Gasteiger partial charge in [0.05, 0.1) is 0 Å². The van der Waals surface area contributed by atoms with E-state index in [0.29, 0.717) is 0 Å². The number of halogens is 1. The lowest BCUT2D eigenvalue weighted by Crippen LogP contribution is -2.38. The van der Waals surface area contributed by atoms with Gasteiger partial charge in [-0.05, 0) is 25.8 Å². The van der Waals surface area contributed by atoms with E-state index >= 15 is 0 Å². The summed E-state index contributed by atoms with van der Waals surface area (Å²) in [6, 6.07) is 0.856. The normalized spacial score (nSPS) is 40.9. The summed E-state index contributed by atoms with van der Waals surface area (Å²) in [4.78, 5) is 2.46. The minimum atomic E-state index is 0.856. The highest BCUT2D eigenvalue weighted by Crippen LogP contribution is 2.31. The summed E-state index contributed by atoms with van der Waals surface area (Å²) in [5.41, 5.74) is 0. The fourth-order valence-corrected chi connectivity index (χ4v) is 3.31. The molecule has 0 aromatic rings. The summed E-state index contributed by atoms with van der Waals surface area (Å²) in [6.45, 7) is 3.91. The number of fused-ring (bicyclic) bond motifs is 1. The van der Waals surface area contributed by atoms with Crippen LogP contribution in [0.5, 0.6) is 0 Å². The van der Waals surface area contributed by atoms with Crippen LogP contribution in [-0.2, 0) is 0 Å². The predicted octanol–water partition coefficient (Wildman–Crippen LogP) is 1.36. The molecule has 0 N–H and O–H groups in total. The molecule has 0 amide bonds. The van der Waals surface area contributed by atoms with Crippen LogP contribution in [0.3, 0.4) is 0 Å². The molecule has 2 nitrogen and oxygen atoms in total. The van der Waals surface area contributed by atoms with E-state index in [1.165, 1.54) is 32.5 Å². The average Bonchev–Trinajstić information content (AvgIpc) is 2.31. The van der Waals surface area contributed by atoms with Crippen molar-refractivity contribution in [3.8, 4) is 0 Å². The molecule has 0 radical (unpaired) electrons. The van der Waals surface area contributed by atoms with E-state index in [4.69, 9.17) is 0 Å². The fraction of sp³-hybridized carbons (Fsp3) is 1.00. The molecule has 0 bridgehead atoms. The molecule has 2 saturated heterocycles. The Morgan fingerprint density at radius 1 is 1.36 bits per heavy atom. The van der Waals surface area contributed by atoms with Crippen molar-refractivity contribution in [3.05, 3.63) is 0 Å². The third kappa shape index (κ3) is 1.55. The van der Waals surface area contributed by atoms with E-state index in [9.17, 15) is 0 Å². The maximum atomic E-state index is 2.51. The van der Waals surface area contributed by atoms with Crippen molar-refractivity contribution in [2.75, 3.05) is 26.7 Å². The van der Waals surface area contributed by atoms with E-state index in [0.717, 1.165) is 12.0 Å². The Balaban J connectivity index is 2.03. The van der Waals surface area contributed by atoms with Crippen LogP contribution in [0.2, 0.25) is 0 Å². The Bertz CT molecular complexity index is 151. The van der Waals surface area contributed by atoms with Gasteiger partial charge in [0.15, 0.2) is 0 Å². The Labute approximate surface area is 82.4 Å². The van der Waals surface area contributed by atoms with Gasteiger partial charge in [-0.3, -0.25) is 0 Å². The average molecular weight is 266 g/mol. The van der Waals surface area contributed by atoms with Gasteiger partial charge in [-0.2, -0.15) is 0 Å². The van der Waals surface area contributed by atoms with Crippen molar-refractivity contribution in [1.29, 1.82) is 0 Å². The molecule has 2 fully saturated rings. The second kappa shape index (κ2) is 3.18. The van der Waals surface area contributed by atoms with Crippen LogP contribution < -0.4 is 0 Å². The molecule has 0 spiro atoms. The molecule has 2 rings (SSSR count). The SMILES string of the molecule is CN1CC2CCCN(I)C2C1. The summed E-state index contributed by atoms with van der Waals surface area (Å²) in [7, 11) is 2.24. The van der Waals surface area contributed by atoms with Crippen molar-refractivity contribution in [1.82, 2.24) is 8.01 Å². The van der Waals surface area contributed by atoms with E-state index in [1.54, 1.807) is 0 Å². The Morgan fingerprint density at radius 3 is 2.91 bits per heavy atom. The summed E-state index contributed by atoms with van der Waals surface area (Å²) >= 11 is 2.49. The minimum Gasteiger partial charge on any atom is -0.304 e. The first-order valence-corrected chi connectivity index (χ1v) is 5.35. The third-order valence-corrected chi connectivity index (χ3v) is 4.09. The summed E-state index contributed by atoms with van der Waals surface area (Å²) in [5.74, 6) is 0.964. The van der Waals surface area contributed by atoms with Crippen LogP contribution in [-0.4, -0.2) is 40.7 Å². The number of likely N-dealkylation sites (tertiary alicyclic amines) is 1. The summed E-state index contributed by atoms with van der Waals surface area (Å²) in [6.07, 6.45) is 2.85. The zero-order valence-electron chi connectivity index (χ0n) is 6.96. The Morgan fingerprint density at radius 2 is 2.18 bits per heavy atom. The highest BCUT2D eigenvalue weighted by atomic mass is 127. The van der Waals surface area contributed by atoms with Crippen molar-refractivity contribution >= 4 is 22.9 Å². The topological polar surface area (TPSA) is 6.48 Å². The van der Waals surface area contributed by atoms with Crippen LogP contribution in [0.1, 0.15) is 12.8 Å². The van der Waals surface area contributed by atoms with E-state index in [1.807, 2.05) is 0 Å². The van der Waals surface area contributed by atoms with Gasteiger partial charge in [0.25, 0.3) is 0 Å². The Hall–Kier alpha value is 0.650. The van der Waals surface area contributed by atoms with Crippen molar-refractivity contribution in [2.45, 2.75) is 18.9 Å². The van der Waals surface area contributed by atoms with E-state index in [-0.39, 0.29) is 0 Å². The summed E-state index contributed by atoms with van der Waals surface area (Å²) < 4.78 is 2.51. The van der Waals surface area contributed by atoms with Crippen molar-refractivity contribution in [3.63, 3.8) is 0 Å². The maximum Gasteiger partial charge on any atom is 0.0361 e. The van der Waals surface area contributed by atoms with Gasteiger partial charge < -0.3 is 4.90 Å². The molecule has 3 heteroatoms. The predicted molar refractivity (Wildman–Crippen MR) is 54.7 cm³/mol. The highest BCUT2D eigenvalue weighted by Gasteiger charge is 2.36. The van der Waals surface area contributed by atoms with Crippen LogP contribution >= 0.6 is 22.9 Å². The number of hydrogen-bond acceptors (Lipinski definition) is 2. The molecule has 0 aromatic carbocycles. The summed E-state index contributed by atoms with van der Waals surface area (Å²) in [5, 5.41) is 0. The van der Waals surface area contributed by atoms with Gasteiger partial charge in [-0.25, -0.2) is 3.11 Å². The monoisotopic (exact) mass is 266 g/mol. The quantitative estimate of drug-likeness (QED) is 0.482. The molecule has 2 unspecified atom stereocenters. The molecule has 2 aliphatic heterocycles. The fourth-order valence-electron chi connectivity index (χ4n) is 2.34. The number of hydrogen-bond donors (Lipinski definition) is 0. The molecule has 11 heavy (non-hydrogen) atoms. The molecule has 2 atom stereocenters. The Kier molecular flexibility index (Phi) is 2.39. The molecule has 64 valence electrons. The highest BCUT2D eigenvalue weighted by molar-refractivity contribution is 14.1. The smallest absolute Gasteiger partial charge is 0.0361 e. The zero-order valence-corrected chi connectivity index (χ0v) is 9.12. The number of piperidine rings is 1. The molecule has 2 aliphatic rings. The second-order valence-electron chi connectivity index (χ2n) is 3.81. The standard InChI is InChI=1S/C8H15IN2/c1-10-5-7-3-2-4-11(9)8(7)6-10/h7-8H,2-6H2,1H3. The molecule has 0 saturated carbocycles. The molecular formula is C8H15IN2. The van der Waals surface area contributed by atoms with E-state index in [2.05, 4.69) is 37.9 Å². The van der Waals surface area contributed by atoms with Gasteiger partial charge in [0, 0.05) is 48.5 Å². The number of nitrogens with zero attached hydrogens (tertiary/aromatic N) is 2. The zero-order chi connectivity index (χ0) is 7.84. The third-order valence-electron chi connectivity index (χ3n) is 2.90. The second-order valence-corrected chi connectivity index (χ2v) is 5.05. The lowest BCUT2D eigenvalue weighted by molar-refractivity contribution is 0.254. The molecular weight excluding hydrogens is 251 g/mol. The first-order valence-electron chi connectivity index (χ1n) is 4.38. The van der Waals surface area contributed by atoms with Gasteiger partial charge in [-0.15, -0.1) is 0 Å². The van der Waals surface area contributed by atoms with Crippen molar-refractivity contribution < 1.29 is 0 Å². The first-order chi connectivity index (χ1) is 5.27. The van der Waals surface area contributed by atoms with Crippen LogP contribution in [0, 0.1) is 5.92 Å². The van der Waals surface area contributed by atoms with Gasteiger partial charge in [0.2, 0.25) is 0 Å². The minimum absolute atomic E-state index is 0.856. The maximum absolute atomic E-state index is 2.51. The lowest BCUT2D eigenvalue weighted by atomic mass is 9.94. The van der Waals surface area contributed by atoms with Crippen LogP contribution in [0.25, 0.3) is 0 Å². The molecule has 0 aliphatic carbocycles. The molecule has 0 aromatic heterocycles. The van der Waals surface area contributed by atoms with Crippen molar-refractivity contribution in [2.24, 2.45) is 5.92 Å². The van der Waals surface area contributed by atoms with Gasteiger partial charge >= 0.3 is 0 Å². The largest absolute Gasteiger partial charge is 0.304 e. The molecule has 2 heterocycles. The number of likely N-dealkylation sites (N-methyl/N-ethyl adjacent to an activating group) is 1. The van der Waals surface area contributed by atoms with E-state index < -0.39 is 0 Å². The van der Waals surface area contributed by atoms with Crippen LogP contribution in [0.15, 0.2) is 0 Å². The van der Waals surface area contributed by atoms with Gasteiger partial charge in [0.1, 0.15) is 0 Å². The van der Waals surface area contributed by atoms with Crippen LogP contribution in [0.4, 0.5) is 0 Å². The first kappa shape index (κ1) is 8.26. The van der Waals surface area contributed by atoms with Gasteiger partial charge in [-0.1, -0.05) is 0 Å². The lowest BCUT2D eigenvalue weighted by Gasteiger charge is -2.31.